The second-order valence-corrected chi connectivity index (χ2v) is 5.41. The summed E-state index contributed by atoms with van der Waals surface area (Å²) in [5.74, 6) is 0. The molecule has 2 N–H and O–H groups in total. The van der Waals surface area contributed by atoms with Crippen molar-refractivity contribution in [1.29, 1.82) is 0 Å². The van der Waals surface area contributed by atoms with Crippen LogP contribution in [0.2, 0.25) is 0 Å². The van der Waals surface area contributed by atoms with Crippen LogP contribution in [0.4, 0.5) is 0 Å². The summed E-state index contributed by atoms with van der Waals surface area (Å²) in [6.45, 7) is 3.71. The van der Waals surface area contributed by atoms with Gasteiger partial charge in [0.2, 0.25) is 0 Å². The van der Waals surface area contributed by atoms with Gasteiger partial charge in [0.25, 0.3) is 0 Å². The van der Waals surface area contributed by atoms with E-state index in [4.69, 9.17) is 5.73 Å². The molecule has 3 rings (SSSR count). The molecule has 1 aromatic heterocycles. The minimum atomic E-state index is 0.562. The van der Waals surface area contributed by atoms with Crippen LogP contribution in [-0.4, -0.2) is 23.0 Å². The largest absolute Gasteiger partial charge is 0.326 e. The molecule has 3 nitrogen and oxygen atoms in total. The molecule has 0 amide bonds. The highest BCUT2D eigenvalue weighted by Gasteiger charge is 2.13. The van der Waals surface area contributed by atoms with Crippen LogP contribution in [0.1, 0.15) is 22.4 Å². The van der Waals surface area contributed by atoms with Crippen molar-refractivity contribution in [3.05, 3.63) is 65.0 Å². The first-order valence-corrected chi connectivity index (χ1v) is 7.28. The van der Waals surface area contributed by atoms with E-state index < -0.39 is 0 Å². The van der Waals surface area contributed by atoms with Crippen molar-refractivity contribution in [2.45, 2.75) is 25.9 Å². The fourth-order valence-electron chi connectivity index (χ4n) is 2.77. The van der Waals surface area contributed by atoms with Crippen molar-refractivity contribution in [2.75, 3.05) is 13.1 Å². The molecule has 0 bridgehead atoms. The van der Waals surface area contributed by atoms with Crippen LogP contribution >= 0.6 is 0 Å². The zero-order valence-electron chi connectivity index (χ0n) is 11.8. The monoisotopic (exact) mass is 267 g/mol. The Labute approximate surface area is 120 Å². The maximum atomic E-state index is 5.60. The molecular formula is C17H21N3. The minimum Gasteiger partial charge on any atom is -0.326 e. The van der Waals surface area contributed by atoms with Crippen molar-refractivity contribution in [3.8, 4) is 0 Å². The Morgan fingerprint density at radius 3 is 2.25 bits per heavy atom. The van der Waals surface area contributed by atoms with Gasteiger partial charge in [0.05, 0.1) is 5.69 Å². The molecule has 0 spiro atoms. The summed E-state index contributed by atoms with van der Waals surface area (Å²) in [6, 6.07) is 13.0. The van der Waals surface area contributed by atoms with Crippen LogP contribution in [0.5, 0.6) is 0 Å². The van der Waals surface area contributed by atoms with E-state index in [0.29, 0.717) is 6.54 Å². The molecule has 3 heteroatoms. The van der Waals surface area contributed by atoms with Crippen molar-refractivity contribution in [3.63, 3.8) is 0 Å². The molecule has 1 aromatic carbocycles. The first kappa shape index (κ1) is 13.3. The predicted octanol–water partition coefficient (Wildman–Crippen LogP) is 2.14. The van der Waals surface area contributed by atoms with Gasteiger partial charge in [-0.3, -0.25) is 9.88 Å². The molecule has 0 unspecified atom stereocenters. The number of nitrogens with two attached hydrogens (primary N) is 1. The van der Waals surface area contributed by atoms with Crippen LogP contribution in [0.3, 0.4) is 0 Å². The lowest BCUT2D eigenvalue weighted by molar-refractivity contribution is 0.276. The molecule has 2 aromatic rings. The molecule has 0 aliphatic carbocycles. The molecule has 1 aliphatic rings. The Morgan fingerprint density at radius 2 is 1.70 bits per heavy atom. The number of aromatic nitrogens is 1. The molecule has 1 aliphatic heterocycles. The standard InChI is InChI=1S/C17H21N3/c18-11-14-5-6-17(19-12-14)13-20-9-7-15-3-1-2-4-16(15)8-10-20/h1-6,12H,7-11,13,18H2. The molecule has 0 fully saturated rings. The van der Waals surface area contributed by atoms with Gasteiger partial charge in [-0.25, -0.2) is 0 Å². The van der Waals surface area contributed by atoms with E-state index in [1.54, 1.807) is 0 Å². The van der Waals surface area contributed by atoms with E-state index in [1.165, 1.54) is 11.1 Å². The van der Waals surface area contributed by atoms with Gasteiger partial charge >= 0.3 is 0 Å². The van der Waals surface area contributed by atoms with Crippen molar-refractivity contribution >= 4 is 0 Å². The molecule has 0 radical (unpaired) electrons. The van der Waals surface area contributed by atoms with Crippen LogP contribution in [0, 0.1) is 0 Å². The summed E-state index contributed by atoms with van der Waals surface area (Å²) in [4.78, 5) is 6.99. The number of pyridine rings is 1. The quantitative estimate of drug-likeness (QED) is 0.926. The summed E-state index contributed by atoms with van der Waals surface area (Å²) in [5.41, 5.74) is 10.8. The highest BCUT2D eigenvalue weighted by atomic mass is 15.1. The van der Waals surface area contributed by atoms with Crippen LogP contribution < -0.4 is 5.73 Å². The Bertz CT molecular complexity index is 536. The van der Waals surface area contributed by atoms with E-state index in [0.717, 1.165) is 43.7 Å². The van der Waals surface area contributed by atoms with Gasteiger partial charge in [-0.15, -0.1) is 0 Å². The lowest BCUT2D eigenvalue weighted by Gasteiger charge is -2.19. The predicted molar refractivity (Wildman–Crippen MR) is 81.3 cm³/mol. The molecule has 20 heavy (non-hydrogen) atoms. The third-order valence-corrected chi connectivity index (χ3v) is 4.02. The van der Waals surface area contributed by atoms with Crippen LogP contribution in [0.15, 0.2) is 42.6 Å². The van der Waals surface area contributed by atoms with Gasteiger partial charge in [-0.1, -0.05) is 30.3 Å². The van der Waals surface area contributed by atoms with Crippen molar-refractivity contribution < 1.29 is 0 Å². The van der Waals surface area contributed by atoms with Crippen molar-refractivity contribution in [2.24, 2.45) is 5.73 Å². The lowest BCUT2D eigenvalue weighted by Crippen LogP contribution is -2.26. The van der Waals surface area contributed by atoms with Crippen molar-refractivity contribution in [1.82, 2.24) is 9.88 Å². The van der Waals surface area contributed by atoms with Crippen LogP contribution in [0.25, 0.3) is 0 Å². The number of hydrogen-bond acceptors (Lipinski definition) is 3. The number of benzene rings is 1. The summed E-state index contributed by atoms with van der Waals surface area (Å²) in [5, 5.41) is 0. The maximum absolute atomic E-state index is 5.60. The first-order chi connectivity index (χ1) is 9.85. The van der Waals surface area contributed by atoms with Gasteiger partial charge in [0.15, 0.2) is 0 Å². The number of fused-ring (bicyclic) bond motifs is 1. The number of rotatable bonds is 3. The molecule has 0 saturated carbocycles. The molecule has 104 valence electrons. The molecule has 2 heterocycles. The Hall–Kier alpha value is -1.71. The van der Waals surface area contributed by atoms with E-state index in [1.807, 2.05) is 6.20 Å². The van der Waals surface area contributed by atoms with Gasteiger partial charge in [0, 0.05) is 32.4 Å². The maximum Gasteiger partial charge on any atom is 0.0544 e. The average molecular weight is 267 g/mol. The fraction of sp³-hybridized carbons (Fsp3) is 0.353. The number of nitrogens with zero attached hydrogens (tertiary/aromatic N) is 2. The molecule has 0 atom stereocenters. The summed E-state index contributed by atoms with van der Waals surface area (Å²) in [6.07, 6.45) is 4.16. The van der Waals surface area contributed by atoms with Gasteiger partial charge in [0.1, 0.15) is 0 Å². The van der Waals surface area contributed by atoms with E-state index >= 15 is 0 Å². The third kappa shape index (κ3) is 3.06. The zero-order valence-corrected chi connectivity index (χ0v) is 11.8. The first-order valence-electron chi connectivity index (χ1n) is 7.28. The third-order valence-electron chi connectivity index (χ3n) is 4.02. The topological polar surface area (TPSA) is 42.1 Å². The van der Waals surface area contributed by atoms with Gasteiger partial charge in [-0.05, 0) is 35.6 Å². The van der Waals surface area contributed by atoms with E-state index in [-0.39, 0.29) is 0 Å². The summed E-state index contributed by atoms with van der Waals surface area (Å²) in [7, 11) is 0. The Kier molecular flexibility index (Phi) is 4.09. The highest BCUT2D eigenvalue weighted by molar-refractivity contribution is 5.28. The van der Waals surface area contributed by atoms with Gasteiger partial charge < -0.3 is 5.73 Å². The normalized spacial score (nSPS) is 15.7. The summed E-state index contributed by atoms with van der Waals surface area (Å²) < 4.78 is 0. The summed E-state index contributed by atoms with van der Waals surface area (Å²) >= 11 is 0. The fourth-order valence-corrected chi connectivity index (χ4v) is 2.77. The second kappa shape index (κ2) is 6.16. The second-order valence-electron chi connectivity index (χ2n) is 5.41. The van der Waals surface area contributed by atoms with Crippen LogP contribution in [-0.2, 0) is 25.9 Å². The van der Waals surface area contributed by atoms with Gasteiger partial charge in [-0.2, -0.15) is 0 Å². The molecular weight excluding hydrogens is 246 g/mol. The smallest absolute Gasteiger partial charge is 0.0544 e. The SMILES string of the molecule is NCc1ccc(CN2CCc3ccccc3CC2)nc1. The van der Waals surface area contributed by atoms with E-state index in [9.17, 15) is 0 Å². The molecule has 0 saturated heterocycles. The lowest BCUT2D eigenvalue weighted by atomic mass is 10.0. The van der Waals surface area contributed by atoms with E-state index in [2.05, 4.69) is 46.3 Å². The Balaban J connectivity index is 1.65. The minimum absolute atomic E-state index is 0.562. The highest BCUT2D eigenvalue weighted by Crippen LogP contribution is 2.16. The number of hydrogen-bond donors (Lipinski definition) is 1. The zero-order chi connectivity index (χ0) is 13.8. The Morgan fingerprint density at radius 1 is 1.00 bits per heavy atom. The average Bonchev–Trinajstić information content (AvgIpc) is 2.71.